The van der Waals surface area contributed by atoms with E-state index >= 15 is 0 Å². The summed E-state index contributed by atoms with van der Waals surface area (Å²) < 4.78 is 16.8. The maximum atomic E-state index is 11.5. The standard InChI is InChI=1S/C10H14O2P/c1-3-9(2)12-13(11)10-7-5-4-6-8-10/h4-9H,3H2,1-2H3/q+1/t9-/m1/s1. The summed E-state index contributed by atoms with van der Waals surface area (Å²) in [6.45, 7) is 3.94. The molecular weight excluding hydrogens is 183 g/mol. The Morgan fingerprint density at radius 1 is 1.38 bits per heavy atom. The van der Waals surface area contributed by atoms with Crippen LogP contribution in [0.4, 0.5) is 0 Å². The van der Waals surface area contributed by atoms with Crippen molar-refractivity contribution in [3.05, 3.63) is 30.3 Å². The smallest absolute Gasteiger partial charge is 0.139 e. The Labute approximate surface area is 79.8 Å². The van der Waals surface area contributed by atoms with E-state index in [0.717, 1.165) is 11.7 Å². The Balaban J connectivity index is 2.59. The normalized spacial score (nSPS) is 13.8. The first-order chi connectivity index (χ1) is 6.24. The predicted octanol–water partition coefficient (Wildman–Crippen LogP) is 2.87. The Bertz CT molecular complexity index is 272. The third-order valence-electron chi connectivity index (χ3n) is 1.82. The molecular formula is C10H14O2P+. The minimum absolute atomic E-state index is 0.0591. The van der Waals surface area contributed by atoms with Crippen molar-refractivity contribution in [1.29, 1.82) is 0 Å². The molecule has 0 radical (unpaired) electrons. The maximum absolute atomic E-state index is 11.5. The third kappa shape index (κ3) is 3.25. The molecule has 1 aromatic rings. The van der Waals surface area contributed by atoms with Gasteiger partial charge in [0.05, 0.1) is 0 Å². The molecule has 0 aromatic heterocycles. The highest BCUT2D eigenvalue weighted by atomic mass is 31.1. The predicted molar refractivity (Wildman–Crippen MR) is 54.5 cm³/mol. The van der Waals surface area contributed by atoms with Crippen molar-refractivity contribution in [2.45, 2.75) is 26.4 Å². The van der Waals surface area contributed by atoms with E-state index in [-0.39, 0.29) is 6.10 Å². The van der Waals surface area contributed by atoms with Crippen molar-refractivity contribution in [3.63, 3.8) is 0 Å². The van der Waals surface area contributed by atoms with Crippen molar-refractivity contribution in [3.8, 4) is 0 Å². The van der Waals surface area contributed by atoms with Crippen LogP contribution in [0.5, 0.6) is 0 Å². The van der Waals surface area contributed by atoms with Gasteiger partial charge in [-0.05, 0) is 30.0 Å². The molecule has 1 aromatic carbocycles. The molecule has 0 spiro atoms. The van der Waals surface area contributed by atoms with Crippen molar-refractivity contribution in [2.24, 2.45) is 0 Å². The lowest BCUT2D eigenvalue weighted by Gasteiger charge is -1.97. The van der Waals surface area contributed by atoms with Gasteiger partial charge in [-0.2, -0.15) is 0 Å². The Hall–Kier alpha value is -0.720. The Kier molecular flexibility index (Phi) is 4.07. The van der Waals surface area contributed by atoms with Crippen LogP contribution in [0, 0.1) is 0 Å². The molecule has 0 amide bonds. The van der Waals surface area contributed by atoms with Crippen molar-refractivity contribution in [1.82, 2.24) is 0 Å². The summed E-state index contributed by atoms with van der Waals surface area (Å²) in [7, 11) is -1.67. The minimum Gasteiger partial charge on any atom is -0.139 e. The summed E-state index contributed by atoms with van der Waals surface area (Å²) in [6.07, 6.45) is 0.942. The number of hydrogen-bond acceptors (Lipinski definition) is 2. The molecule has 0 aliphatic carbocycles. The van der Waals surface area contributed by atoms with E-state index in [2.05, 4.69) is 0 Å². The average molecular weight is 197 g/mol. The molecule has 0 heterocycles. The van der Waals surface area contributed by atoms with Gasteiger partial charge in [-0.1, -0.05) is 25.1 Å². The highest BCUT2D eigenvalue weighted by molar-refractivity contribution is 7.48. The van der Waals surface area contributed by atoms with Crippen LogP contribution in [0.3, 0.4) is 0 Å². The summed E-state index contributed by atoms with van der Waals surface area (Å²) in [5.74, 6) is 0. The first kappa shape index (κ1) is 10.4. The van der Waals surface area contributed by atoms with Gasteiger partial charge in [0.2, 0.25) is 5.30 Å². The molecule has 13 heavy (non-hydrogen) atoms. The van der Waals surface area contributed by atoms with Gasteiger partial charge in [0.1, 0.15) is 6.10 Å². The number of benzene rings is 1. The van der Waals surface area contributed by atoms with Crippen molar-refractivity contribution >= 4 is 13.3 Å². The molecule has 2 nitrogen and oxygen atoms in total. The van der Waals surface area contributed by atoms with E-state index in [4.69, 9.17) is 4.52 Å². The zero-order chi connectivity index (χ0) is 9.68. The van der Waals surface area contributed by atoms with Gasteiger partial charge in [-0.3, -0.25) is 0 Å². The summed E-state index contributed by atoms with van der Waals surface area (Å²) in [6, 6.07) is 9.27. The molecule has 3 heteroatoms. The van der Waals surface area contributed by atoms with E-state index in [9.17, 15) is 4.57 Å². The van der Waals surface area contributed by atoms with Gasteiger partial charge in [0.25, 0.3) is 0 Å². The lowest BCUT2D eigenvalue weighted by Crippen LogP contribution is -2.05. The Morgan fingerprint density at radius 2 is 2.00 bits per heavy atom. The second-order valence-electron chi connectivity index (χ2n) is 2.92. The molecule has 0 saturated carbocycles. The van der Waals surface area contributed by atoms with Gasteiger partial charge in [-0.15, -0.1) is 4.52 Å². The first-order valence-electron chi connectivity index (χ1n) is 4.43. The molecule has 70 valence electrons. The second-order valence-corrected chi connectivity index (χ2v) is 4.16. The lowest BCUT2D eigenvalue weighted by molar-refractivity contribution is 0.235. The fourth-order valence-electron chi connectivity index (χ4n) is 0.849. The van der Waals surface area contributed by atoms with Crippen LogP contribution in [0.1, 0.15) is 20.3 Å². The largest absolute Gasteiger partial charge is 0.548 e. The van der Waals surface area contributed by atoms with Crippen LogP contribution in [-0.2, 0) is 9.09 Å². The second kappa shape index (κ2) is 5.11. The number of hydrogen-bond donors (Lipinski definition) is 0. The van der Waals surface area contributed by atoms with Crippen LogP contribution in [0.2, 0.25) is 0 Å². The van der Waals surface area contributed by atoms with Crippen molar-refractivity contribution in [2.75, 3.05) is 0 Å². The zero-order valence-electron chi connectivity index (χ0n) is 7.93. The topological polar surface area (TPSA) is 26.3 Å². The van der Waals surface area contributed by atoms with Crippen LogP contribution in [-0.4, -0.2) is 6.10 Å². The summed E-state index contributed by atoms with van der Waals surface area (Å²) in [4.78, 5) is 0. The summed E-state index contributed by atoms with van der Waals surface area (Å²) >= 11 is 0. The Morgan fingerprint density at radius 3 is 2.54 bits per heavy atom. The molecule has 0 bridgehead atoms. The first-order valence-corrected chi connectivity index (χ1v) is 5.61. The van der Waals surface area contributed by atoms with E-state index < -0.39 is 8.03 Å². The van der Waals surface area contributed by atoms with Crippen molar-refractivity contribution < 1.29 is 9.09 Å². The fraction of sp³-hybridized carbons (Fsp3) is 0.400. The van der Waals surface area contributed by atoms with Gasteiger partial charge in [0.15, 0.2) is 0 Å². The fourth-order valence-corrected chi connectivity index (χ4v) is 1.86. The highest BCUT2D eigenvalue weighted by Crippen LogP contribution is 2.24. The summed E-state index contributed by atoms with van der Waals surface area (Å²) in [5.41, 5.74) is 0. The molecule has 0 aliphatic heterocycles. The molecule has 1 unspecified atom stereocenters. The van der Waals surface area contributed by atoms with Crippen LogP contribution < -0.4 is 5.30 Å². The lowest BCUT2D eigenvalue weighted by atomic mass is 10.3. The van der Waals surface area contributed by atoms with Gasteiger partial charge >= 0.3 is 8.03 Å². The molecule has 0 saturated heterocycles. The van der Waals surface area contributed by atoms with E-state index in [1.165, 1.54) is 0 Å². The molecule has 0 N–H and O–H groups in total. The van der Waals surface area contributed by atoms with Crippen LogP contribution in [0.25, 0.3) is 0 Å². The van der Waals surface area contributed by atoms with E-state index in [0.29, 0.717) is 0 Å². The molecule has 2 atom stereocenters. The molecule has 0 aliphatic rings. The van der Waals surface area contributed by atoms with Gasteiger partial charge < -0.3 is 0 Å². The quantitative estimate of drug-likeness (QED) is 0.694. The SMILES string of the molecule is CC[C@@H](C)O[P+](=O)c1ccccc1. The van der Waals surface area contributed by atoms with E-state index in [1.54, 1.807) is 0 Å². The van der Waals surface area contributed by atoms with E-state index in [1.807, 2.05) is 44.2 Å². The van der Waals surface area contributed by atoms with Crippen LogP contribution in [0.15, 0.2) is 30.3 Å². The highest BCUT2D eigenvalue weighted by Gasteiger charge is 2.23. The summed E-state index contributed by atoms with van der Waals surface area (Å²) in [5, 5.41) is 0.762. The monoisotopic (exact) mass is 197 g/mol. The number of rotatable bonds is 4. The zero-order valence-corrected chi connectivity index (χ0v) is 8.83. The molecule has 1 rings (SSSR count). The maximum Gasteiger partial charge on any atom is 0.548 e. The average Bonchev–Trinajstić information content (AvgIpc) is 2.19. The van der Waals surface area contributed by atoms with Crippen LogP contribution >= 0.6 is 8.03 Å². The van der Waals surface area contributed by atoms with Gasteiger partial charge in [0, 0.05) is 0 Å². The minimum atomic E-state index is -1.67. The van der Waals surface area contributed by atoms with Gasteiger partial charge in [-0.25, -0.2) is 0 Å². The molecule has 0 fully saturated rings. The third-order valence-corrected chi connectivity index (χ3v) is 3.09.